The van der Waals surface area contributed by atoms with Crippen molar-refractivity contribution in [3.05, 3.63) is 53.6 Å². The summed E-state index contributed by atoms with van der Waals surface area (Å²) in [5.41, 5.74) is 1.35. The number of pyridine rings is 1. The maximum absolute atomic E-state index is 11.6. The fourth-order valence-electron chi connectivity index (χ4n) is 3.11. The van der Waals surface area contributed by atoms with E-state index < -0.39 is 11.9 Å². The molecule has 5 heteroatoms. The number of hydrogen-bond donors (Lipinski definition) is 2. The van der Waals surface area contributed by atoms with Gasteiger partial charge in [0.25, 0.3) is 0 Å². The molecule has 0 saturated carbocycles. The maximum atomic E-state index is 11.6. The van der Waals surface area contributed by atoms with Crippen LogP contribution < -0.4 is 0 Å². The third-order valence-corrected chi connectivity index (χ3v) is 3.84. The van der Waals surface area contributed by atoms with Crippen molar-refractivity contribution in [3.63, 3.8) is 0 Å². The first-order valence-corrected chi connectivity index (χ1v) is 6.35. The van der Waals surface area contributed by atoms with Crippen LogP contribution in [0.3, 0.4) is 0 Å². The van der Waals surface area contributed by atoms with E-state index in [2.05, 4.69) is 0 Å². The number of hydrogen-bond acceptors (Lipinski definition) is 2. The van der Waals surface area contributed by atoms with Gasteiger partial charge in [0, 0.05) is 10.8 Å². The van der Waals surface area contributed by atoms with E-state index in [1.807, 2.05) is 30.3 Å². The fraction of sp³-hybridized carbons (Fsp3) is 0. The van der Waals surface area contributed by atoms with Crippen molar-refractivity contribution >= 4 is 39.3 Å². The largest absolute Gasteiger partial charge is 0.478 e. The van der Waals surface area contributed by atoms with Gasteiger partial charge in [0.05, 0.1) is 16.6 Å². The number of aromatic nitrogens is 1. The summed E-state index contributed by atoms with van der Waals surface area (Å²) in [5.74, 6) is -2.46. The topological polar surface area (TPSA) is 79.0 Å². The summed E-state index contributed by atoms with van der Waals surface area (Å²) < 4.78 is 1.72. The molecule has 0 radical (unpaired) electrons. The second-order valence-corrected chi connectivity index (χ2v) is 4.89. The monoisotopic (exact) mass is 279 g/mol. The molecule has 0 amide bonds. The van der Waals surface area contributed by atoms with Crippen molar-refractivity contribution in [1.82, 2.24) is 4.40 Å². The molecule has 21 heavy (non-hydrogen) atoms. The van der Waals surface area contributed by atoms with Crippen molar-refractivity contribution < 1.29 is 19.8 Å². The maximum Gasteiger partial charge on any atom is 0.338 e. The lowest BCUT2D eigenvalue weighted by molar-refractivity contribution is 0.0655. The van der Waals surface area contributed by atoms with Gasteiger partial charge in [-0.15, -0.1) is 0 Å². The molecule has 0 aliphatic carbocycles. The van der Waals surface area contributed by atoms with Crippen LogP contribution in [-0.2, 0) is 0 Å². The Hall–Kier alpha value is -3.08. The number of benzene rings is 1. The smallest absolute Gasteiger partial charge is 0.338 e. The highest BCUT2D eigenvalue weighted by molar-refractivity contribution is 6.22. The van der Waals surface area contributed by atoms with E-state index in [-0.39, 0.29) is 11.1 Å². The fourth-order valence-corrected chi connectivity index (χ4v) is 3.11. The van der Waals surface area contributed by atoms with E-state index in [0.717, 1.165) is 16.3 Å². The Kier molecular flexibility index (Phi) is 2.08. The third kappa shape index (κ3) is 1.30. The number of nitrogens with zero attached hydrogens (tertiary/aromatic N) is 1. The van der Waals surface area contributed by atoms with E-state index in [4.69, 9.17) is 0 Å². The summed E-state index contributed by atoms with van der Waals surface area (Å²) in [7, 11) is 0. The molecule has 102 valence electrons. The quantitative estimate of drug-likeness (QED) is 0.591. The normalized spacial score (nSPS) is 11.6. The first kappa shape index (κ1) is 11.7. The molecule has 0 saturated heterocycles. The molecule has 0 unspecified atom stereocenters. The van der Waals surface area contributed by atoms with Crippen LogP contribution in [0.1, 0.15) is 20.7 Å². The van der Waals surface area contributed by atoms with Gasteiger partial charge >= 0.3 is 11.9 Å². The average Bonchev–Trinajstić information content (AvgIpc) is 2.98. The molecule has 5 nitrogen and oxygen atoms in total. The summed E-state index contributed by atoms with van der Waals surface area (Å²) in [4.78, 5) is 23.2. The van der Waals surface area contributed by atoms with Crippen LogP contribution >= 0.6 is 0 Å². The highest BCUT2D eigenvalue weighted by atomic mass is 16.4. The molecule has 0 aliphatic heterocycles. The molecule has 0 aliphatic rings. The van der Waals surface area contributed by atoms with Crippen LogP contribution in [0.4, 0.5) is 0 Å². The van der Waals surface area contributed by atoms with Crippen LogP contribution in [0.15, 0.2) is 42.5 Å². The first-order valence-electron chi connectivity index (χ1n) is 6.35. The van der Waals surface area contributed by atoms with Gasteiger partial charge < -0.3 is 14.6 Å². The van der Waals surface area contributed by atoms with Crippen LogP contribution in [-0.4, -0.2) is 26.6 Å². The highest BCUT2D eigenvalue weighted by Gasteiger charge is 2.28. The van der Waals surface area contributed by atoms with E-state index in [0.29, 0.717) is 11.0 Å². The van der Waals surface area contributed by atoms with Gasteiger partial charge in [-0.1, -0.05) is 30.3 Å². The van der Waals surface area contributed by atoms with E-state index in [1.165, 1.54) is 0 Å². The molecule has 2 N–H and O–H groups in total. The molecule has 0 bridgehead atoms. The summed E-state index contributed by atoms with van der Waals surface area (Å²) in [6.07, 6.45) is 0. The van der Waals surface area contributed by atoms with Gasteiger partial charge in [0.15, 0.2) is 0 Å². The Labute approximate surface area is 118 Å². The van der Waals surface area contributed by atoms with Gasteiger partial charge in [-0.25, -0.2) is 9.59 Å². The molecule has 3 aromatic heterocycles. The van der Waals surface area contributed by atoms with E-state index >= 15 is 0 Å². The number of carbonyl (C=O) groups is 2. The lowest BCUT2D eigenvalue weighted by Crippen LogP contribution is -2.05. The summed E-state index contributed by atoms with van der Waals surface area (Å²) in [6.45, 7) is 0. The van der Waals surface area contributed by atoms with E-state index in [1.54, 1.807) is 16.5 Å². The van der Waals surface area contributed by atoms with Crippen molar-refractivity contribution in [2.24, 2.45) is 0 Å². The molecule has 0 fully saturated rings. The Morgan fingerprint density at radius 2 is 1.38 bits per heavy atom. The second kappa shape index (κ2) is 3.73. The van der Waals surface area contributed by atoms with Gasteiger partial charge in [-0.05, 0) is 12.1 Å². The van der Waals surface area contributed by atoms with Crippen LogP contribution in [0.5, 0.6) is 0 Å². The molecule has 0 atom stereocenters. The molecule has 1 aromatic carbocycles. The number of carboxylic acid groups (broad SMARTS) is 2. The Morgan fingerprint density at radius 3 is 2.05 bits per heavy atom. The summed E-state index contributed by atoms with van der Waals surface area (Å²) in [6, 6.07) is 12.7. The molecule has 4 aromatic rings. The lowest BCUT2D eigenvalue weighted by Gasteiger charge is -1.98. The zero-order chi connectivity index (χ0) is 14.7. The Morgan fingerprint density at radius 1 is 0.762 bits per heavy atom. The predicted octanol–water partition coefficient (Wildman–Crippen LogP) is 3.08. The number of rotatable bonds is 2. The third-order valence-electron chi connectivity index (χ3n) is 3.84. The van der Waals surface area contributed by atoms with Gasteiger partial charge in [-0.2, -0.15) is 0 Å². The summed E-state index contributed by atoms with van der Waals surface area (Å²) in [5, 5.41) is 20.6. The van der Waals surface area contributed by atoms with Crippen LogP contribution in [0.25, 0.3) is 27.3 Å². The molecule has 0 spiro atoms. The zero-order valence-corrected chi connectivity index (χ0v) is 10.7. The average molecular weight is 279 g/mol. The minimum Gasteiger partial charge on any atom is -0.478 e. The van der Waals surface area contributed by atoms with Crippen molar-refractivity contribution in [2.45, 2.75) is 0 Å². The molecular weight excluding hydrogens is 270 g/mol. The Bertz CT molecular complexity index is 1040. The van der Waals surface area contributed by atoms with E-state index in [9.17, 15) is 19.8 Å². The summed E-state index contributed by atoms with van der Waals surface area (Å²) >= 11 is 0. The number of fused-ring (bicyclic) bond motifs is 3. The van der Waals surface area contributed by atoms with Crippen molar-refractivity contribution in [2.75, 3.05) is 0 Å². The predicted molar refractivity (Wildman–Crippen MR) is 77.5 cm³/mol. The first-order chi connectivity index (χ1) is 10.1. The van der Waals surface area contributed by atoms with Crippen LogP contribution in [0.2, 0.25) is 0 Å². The molecular formula is C16H9NO4. The number of carboxylic acids is 2. The van der Waals surface area contributed by atoms with Crippen molar-refractivity contribution in [3.8, 4) is 0 Å². The Balaban J connectivity index is 2.43. The minimum absolute atomic E-state index is 0.153. The van der Waals surface area contributed by atoms with Gasteiger partial charge in [-0.3, -0.25) is 0 Å². The SMILES string of the molecule is O=C(O)c1c(C(=O)O)c2c3ccccc3c3cccc1n32. The standard InChI is InChI=1S/C16H9NO4/c18-15(19)12-11-7-3-6-10-8-4-1-2-5-9(8)14(17(10)11)13(12)16(20)21/h1-7H,(H,18,19)(H,20,21). The number of aromatic carboxylic acids is 2. The van der Waals surface area contributed by atoms with Gasteiger partial charge in [0.1, 0.15) is 11.1 Å². The van der Waals surface area contributed by atoms with Crippen LogP contribution in [0, 0.1) is 0 Å². The van der Waals surface area contributed by atoms with Crippen molar-refractivity contribution in [1.29, 1.82) is 0 Å². The molecule has 3 heterocycles. The van der Waals surface area contributed by atoms with Gasteiger partial charge in [0.2, 0.25) is 0 Å². The second-order valence-electron chi connectivity index (χ2n) is 4.89. The lowest BCUT2D eigenvalue weighted by atomic mass is 10.1. The highest BCUT2D eigenvalue weighted by Crippen LogP contribution is 2.37. The molecule has 4 rings (SSSR count). The minimum atomic E-state index is -1.23. The zero-order valence-electron chi connectivity index (χ0n) is 10.7.